The molecule has 0 saturated heterocycles. The largest absolute Gasteiger partial charge is 0.0901 e. The monoisotopic (exact) mass is 306 g/mol. The molecule has 0 saturated carbocycles. The summed E-state index contributed by atoms with van der Waals surface area (Å²) in [5.41, 5.74) is 3.35. The lowest BCUT2D eigenvalue weighted by atomic mass is 9.98. The van der Waals surface area contributed by atoms with E-state index >= 15 is 0 Å². The van der Waals surface area contributed by atoms with E-state index in [9.17, 15) is 0 Å². The Morgan fingerprint density at radius 2 is 1.48 bits per heavy atom. The summed E-state index contributed by atoms with van der Waals surface area (Å²) in [5.74, 6) is 0. The van der Waals surface area contributed by atoms with Crippen LogP contribution in [0.2, 0.25) is 0 Å². The summed E-state index contributed by atoms with van der Waals surface area (Å²) in [4.78, 5) is 0. The molecule has 0 radical (unpaired) electrons. The molecule has 1 rings (SSSR count). The molecule has 1 aromatic rings. The fourth-order valence-electron chi connectivity index (χ4n) is 2.83. The second-order valence-electron chi connectivity index (χ2n) is 6.14. The lowest BCUT2D eigenvalue weighted by Gasteiger charge is -2.15. The van der Waals surface area contributed by atoms with Gasteiger partial charge >= 0.3 is 0 Å². The molecule has 0 spiro atoms. The van der Waals surface area contributed by atoms with Gasteiger partial charge in [-0.25, -0.2) is 0 Å². The smallest absolute Gasteiger partial charge is 0.0237 e. The molecule has 21 heavy (non-hydrogen) atoms. The van der Waals surface area contributed by atoms with Crippen LogP contribution in [0.5, 0.6) is 0 Å². The predicted octanol–water partition coefficient (Wildman–Crippen LogP) is 6.26. The van der Waals surface area contributed by atoms with Crippen molar-refractivity contribution in [1.82, 2.24) is 0 Å². The maximum Gasteiger partial charge on any atom is -0.0237 e. The van der Waals surface area contributed by atoms with E-state index < -0.39 is 0 Å². The molecule has 0 N–H and O–H groups in total. The minimum absolute atomic E-state index is 1.03. The van der Waals surface area contributed by atoms with E-state index in [-0.39, 0.29) is 0 Å². The average molecular weight is 306 g/mol. The standard InChI is InChI=1S/C20H35P/c1-4-7-10-11-17-21-20-16-12-14-18(13-8-5-2)19(20)15-9-6-3/h12,14,16,21H,4-11,13,15,17H2,1-3H3. The number of benzene rings is 1. The van der Waals surface area contributed by atoms with Gasteiger partial charge in [-0.1, -0.05) is 79.7 Å². The van der Waals surface area contributed by atoms with Crippen molar-refractivity contribution in [3.05, 3.63) is 29.3 Å². The van der Waals surface area contributed by atoms with E-state index in [1.165, 1.54) is 70.4 Å². The van der Waals surface area contributed by atoms with E-state index in [2.05, 4.69) is 39.0 Å². The molecular weight excluding hydrogens is 271 g/mol. The molecule has 0 fully saturated rings. The van der Waals surface area contributed by atoms with E-state index in [0.29, 0.717) is 0 Å². The number of rotatable bonds is 12. The Hall–Kier alpha value is -0.350. The van der Waals surface area contributed by atoms with Crippen LogP contribution in [0, 0.1) is 0 Å². The van der Waals surface area contributed by atoms with Gasteiger partial charge in [-0.2, -0.15) is 0 Å². The van der Waals surface area contributed by atoms with E-state index in [1.54, 1.807) is 16.4 Å². The maximum atomic E-state index is 2.40. The molecule has 1 aromatic carbocycles. The van der Waals surface area contributed by atoms with Gasteiger partial charge in [-0.15, -0.1) is 0 Å². The van der Waals surface area contributed by atoms with Crippen molar-refractivity contribution in [2.45, 2.75) is 85.0 Å². The highest BCUT2D eigenvalue weighted by atomic mass is 31.1. The van der Waals surface area contributed by atoms with Gasteiger partial charge in [0.25, 0.3) is 0 Å². The van der Waals surface area contributed by atoms with Crippen molar-refractivity contribution in [3.8, 4) is 0 Å². The molecule has 1 atom stereocenters. The van der Waals surface area contributed by atoms with Crippen molar-refractivity contribution < 1.29 is 0 Å². The van der Waals surface area contributed by atoms with Crippen LogP contribution in [0.15, 0.2) is 18.2 Å². The molecule has 0 aromatic heterocycles. The zero-order chi connectivity index (χ0) is 15.3. The number of aryl methyl sites for hydroxylation is 1. The minimum atomic E-state index is 1.03. The third-order valence-electron chi connectivity index (χ3n) is 4.20. The van der Waals surface area contributed by atoms with Gasteiger partial charge in [-0.05, 0) is 54.7 Å². The summed E-state index contributed by atoms with van der Waals surface area (Å²) in [7, 11) is 1.03. The molecule has 0 bridgehead atoms. The minimum Gasteiger partial charge on any atom is -0.0901 e. The van der Waals surface area contributed by atoms with Gasteiger partial charge in [0.05, 0.1) is 0 Å². The van der Waals surface area contributed by atoms with Crippen LogP contribution in [-0.4, -0.2) is 6.16 Å². The number of hydrogen-bond acceptors (Lipinski definition) is 0. The first-order chi connectivity index (χ1) is 10.3. The maximum absolute atomic E-state index is 2.40. The first kappa shape index (κ1) is 18.7. The van der Waals surface area contributed by atoms with Crippen LogP contribution in [0.25, 0.3) is 0 Å². The van der Waals surface area contributed by atoms with Crippen molar-refractivity contribution in [2.24, 2.45) is 0 Å². The zero-order valence-electron chi connectivity index (χ0n) is 14.5. The Labute approximate surface area is 134 Å². The number of hydrogen-bond donors (Lipinski definition) is 0. The molecule has 0 aliphatic carbocycles. The summed E-state index contributed by atoms with van der Waals surface area (Å²) in [6.07, 6.45) is 14.9. The van der Waals surface area contributed by atoms with Gasteiger partial charge < -0.3 is 0 Å². The Kier molecular flexibility index (Phi) is 10.9. The lowest BCUT2D eigenvalue weighted by Crippen LogP contribution is -2.09. The highest BCUT2D eigenvalue weighted by Gasteiger charge is 2.08. The zero-order valence-corrected chi connectivity index (χ0v) is 15.5. The Morgan fingerprint density at radius 3 is 2.19 bits per heavy atom. The van der Waals surface area contributed by atoms with Crippen LogP contribution in [0.1, 0.15) is 83.3 Å². The summed E-state index contributed by atoms with van der Waals surface area (Å²) in [6, 6.07) is 7.08. The third kappa shape index (κ3) is 7.46. The molecule has 0 aliphatic heterocycles. The van der Waals surface area contributed by atoms with Crippen molar-refractivity contribution in [1.29, 1.82) is 0 Å². The summed E-state index contributed by atoms with van der Waals surface area (Å²) in [6.45, 7) is 6.90. The van der Waals surface area contributed by atoms with Gasteiger partial charge in [-0.3, -0.25) is 0 Å². The normalized spacial score (nSPS) is 11.6. The van der Waals surface area contributed by atoms with Crippen LogP contribution in [0.4, 0.5) is 0 Å². The quantitative estimate of drug-likeness (QED) is 0.316. The molecule has 1 unspecified atom stereocenters. The molecule has 120 valence electrons. The molecule has 1 heteroatoms. The van der Waals surface area contributed by atoms with Gasteiger partial charge in [0, 0.05) is 0 Å². The van der Waals surface area contributed by atoms with Crippen LogP contribution in [-0.2, 0) is 12.8 Å². The topological polar surface area (TPSA) is 0 Å². The van der Waals surface area contributed by atoms with Crippen molar-refractivity contribution in [2.75, 3.05) is 6.16 Å². The molecule has 0 amide bonds. The predicted molar refractivity (Wildman–Crippen MR) is 101 cm³/mol. The highest BCUT2D eigenvalue weighted by molar-refractivity contribution is 7.47. The van der Waals surface area contributed by atoms with Crippen molar-refractivity contribution >= 4 is 13.9 Å². The van der Waals surface area contributed by atoms with Gasteiger partial charge in [0.15, 0.2) is 0 Å². The van der Waals surface area contributed by atoms with Gasteiger partial charge in [0.1, 0.15) is 0 Å². The first-order valence-electron chi connectivity index (χ1n) is 9.18. The Balaban J connectivity index is 2.65. The average Bonchev–Trinajstić information content (AvgIpc) is 2.51. The lowest BCUT2D eigenvalue weighted by molar-refractivity contribution is 0.706. The second-order valence-corrected chi connectivity index (χ2v) is 7.53. The molecule has 0 nitrogen and oxygen atoms in total. The summed E-state index contributed by atoms with van der Waals surface area (Å²) in [5, 5.41) is 1.67. The Morgan fingerprint density at radius 1 is 0.762 bits per heavy atom. The number of unbranched alkanes of at least 4 members (excludes halogenated alkanes) is 5. The fraction of sp³-hybridized carbons (Fsp3) is 0.700. The Bertz CT molecular complexity index is 370. The SMILES string of the molecule is CCCCCCPc1cccc(CCCC)c1CCCC. The van der Waals surface area contributed by atoms with Crippen LogP contribution in [0.3, 0.4) is 0 Å². The summed E-state index contributed by atoms with van der Waals surface area (Å²) < 4.78 is 0. The molecular formula is C20H35P. The molecule has 0 heterocycles. The van der Waals surface area contributed by atoms with Crippen molar-refractivity contribution in [3.63, 3.8) is 0 Å². The summed E-state index contributed by atoms with van der Waals surface area (Å²) >= 11 is 0. The molecule has 0 aliphatic rings. The van der Waals surface area contributed by atoms with Crippen LogP contribution >= 0.6 is 8.58 Å². The van der Waals surface area contributed by atoms with E-state index in [0.717, 1.165) is 8.58 Å². The second kappa shape index (κ2) is 12.2. The van der Waals surface area contributed by atoms with Crippen LogP contribution < -0.4 is 5.30 Å². The highest BCUT2D eigenvalue weighted by Crippen LogP contribution is 2.22. The van der Waals surface area contributed by atoms with E-state index in [1.807, 2.05) is 0 Å². The van der Waals surface area contributed by atoms with E-state index in [4.69, 9.17) is 0 Å². The van der Waals surface area contributed by atoms with Gasteiger partial charge in [0.2, 0.25) is 0 Å². The third-order valence-corrected chi connectivity index (χ3v) is 5.65. The first-order valence-corrected chi connectivity index (χ1v) is 10.4. The fourth-order valence-corrected chi connectivity index (χ4v) is 4.23.